The third kappa shape index (κ3) is 3.73. The maximum Gasteiger partial charge on any atom is 0.189 e. The number of rotatable bonds is 3. The molecule has 0 atom stereocenters. The van der Waals surface area contributed by atoms with Crippen LogP contribution in [0, 0.1) is 6.57 Å². The SMILES string of the molecule is [C-]#[N+]c1cc(-c2cccc(-n3c4cc5oc6ccccc6c5cc4c4cccnc43)c2)cc(-n2c3ccccc3c3ccccc32)c1. The quantitative estimate of drug-likeness (QED) is 0.189. The van der Waals surface area contributed by atoms with Crippen molar-refractivity contribution >= 4 is 71.4 Å². The smallest absolute Gasteiger partial charge is 0.189 e. The van der Waals surface area contributed by atoms with Crippen LogP contribution in [0.15, 0.2) is 150 Å². The van der Waals surface area contributed by atoms with Crippen molar-refractivity contribution in [1.82, 2.24) is 14.1 Å². The summed E-state index contributed by atoms with van der Waals surface area (Å²) in [7, 11) is 0. The van der Waals surface area contributed by atoms with Gasteiger partial charge in [0.1, 0.15) is 16.8 Å². The van der Waals surface area contributed by atoms with Crippen molar-refractivity contribution in [3.8, 4) is 22.5 Å². The fourth-order valence-electron chi connectivity index (χ4n) is 7.30. The molecule has 0 amide bonds. The Hall–Kier alpha value is -6.64. The van der Waals surface area contributed by atoms with E-state index in [2.05, 4.69) is 117 Å². The average Bonchev–Trinajstić information content (AvgIpc) is 3.77. The van der Waals surface area contributed by atoms with E-state index in [1.54, 1.807) is 0 Å². The molecule has 0 spiro atoms. The molecule has 5 heteroatoms. The standard InChI is InChI=1S/C42H24N4O/c1-43-28-20-27(22-30(23-28)45-37-16-5-2-12-31(37)32-13-3-6-17-38(32)45)26-10-8-11-29(21-26)46-39-25-41-36(33-14-4-7-18-40(33)47-41)24-35(39)34-15-9-19-44-42(34)46/h2-25H. The van der Waals surface area contributed by atoms with E-state index in [1.165, 1.54) is 10.8 Å². The van der Waals surface area contributed by atoms with E-state index in [0.717, 1.165) is 77.4 Å². The van der Waals surface area contributed by atoms with Crippen LogP contribution >= 0.6 is 0 Å². The van der Waals surface area contributed by atoms with Crippen LogP contribution in [0.4, 0.5) is 5.69 Å². The molecule has 0 radical (unpaired) electrons. The van der Waals surface area contributed by atoms with Crippen LogP contribution in [-0.2, 0) is 0 Å². The molecule has 10 aromatic rings. The minimum atomic E-state index is 0.593. The fourth-order valence-corrected chi connectivity index (χ4v) is 7.30. The largest absolute Gasteiger partial charge is 0.456 e. The summed E-state index contributed by atoms with van der Waals surface area (Å²) in [4.78, 5) is 8.76. The van der Waals surface area contributed by atoms with Gasteiger partial charge in [0.15, 0.2) is 5.69 Å². The number of nitrogens with zero attached hydrogens (tertiary/aromatic N) is 4. The second kappa shape index (κ2) is 9.68. The summed E-state index contributed by atoms with van der Waals surface area (Å²) in [6.45, 7) is 7.99. The van der Waals surface area contributed by atoms with Gasteiger partial charge in [-0.3, -0.25) is 4.57 Å². The van der Waals surface area contributed by atoms with E-state index in [0.29, 0.717) is 5.69 Å². The zero-order chi connectivity index (χ0) is 31.1. The van der Waals surface area contributed by atoms with Gasteiger partial charge in [0.25, 0.3) is 0 Å². The van der Waals surface area contributed by atoms with Crippen LogP contribution in [0.25, 0.3) is 93.0 Å². The van der Waals surface area contributed by atoms with E-state index in [4.69, 9.17) is 16.0 Å². The first-order valence-corrected chi connectivity index (χ1v) is 15.6. The molecule has 0 fully saturated rings. The molecule has 5 nitrogen and oxygen atoms in total. The molecule has 0 saturated heterocycles. The number of aromatic nitrogens is 3. The zero-order valence-corrected chi connectivity index (χ0v) is 25.1. The first kappa shape index (κ1) is 25.7. The Morgan fingerprint density at radius 1 is 0.489 bits per heavy atom. The first-order valence-electron chi connectivity index (χ1n) is 15.6. The minimum absolute atomic E-state index is 0.593. The van der Waals surface area contributed by atoms with E-state index < -0.39 is 0 Å². The van der Waals surface area contributed by atoms with Crippen molar-refractivity contribution < 1.29 is 4.42 Å². The number of hydrogen-bond donors (Lipinski definition) is 0. The van der Waals surface area contributed by atoms with Crippen molar-refractivity contribution in [2.45, 2.75) is 0 Å². The van der Waals surface area contributed by atoms with E-state index >= 15 is 0 Å². The molecule has 0 bridgehead atoms. The molecule has 0 aliphatic rings. The van der Waals surface area contributed by atoms with E-state index in [-0.39, 0.29) is 0 Å². The van der Waals surface area contributed by atoms with Crippen LogP contribution in [-0.4, -0.2) is 14.1 Å². The van der Waals surface area contributed by atoms with Gasteiger partial charge in [-0.05, 0) is 77.9 Å². The van der Waals surface area contributed by atoms with Gasteiger partial charge in [-0.1, -0.05) is 66.7 Å². The lowest BCUT2D eigenvalue weighted by atomic mass is 10.0. The fraction of sp³-hybridized carbons (Fsp3) is 0. The summed E-state index contributed by atoms with van der Waals surface area (Å²) < 4.78 is 10.8. The Morgan fingerprint density at radius 2 is 1.21 bits per heavy atom. The van der Waals surface area contributed by atoms with Gasteiger partial charge in [-0.25, -0.2) is 9.83 Å². The van der Waals surface area contributed by atoms with Gasteiger partial charge >= 0.3 is 0 Å². The van der Waals surface area contributed by atoms with E-state index in [1.807, 2.05) is 42.6 Å². The molecule has 0 aliphatic heterocycles. The number of benzene rings is 6. The lowest BCUT2D eigenvalue weighted by Gasteiger charge is -2.13. The molecule has 0 unspecified atom stereocenters. The molecule has 4 aromatic heterocycles. The van der Waals surface area contributed by atoms with Crippen molar-refractivity contribution in [2.75, 3.05) is 0 Å². The first-order chi connectivity index (χ1) is 23.2. The number of hydrogen-bond acceptors (Lipinski definition) is 2. The number of para-hydroxylation sites is 3. The Bertz CT molecular complexity index is 2880. The van der Waals surface area contributed by atoms with Crippen molar-refractivity contribution in [3.63, 3.8) is 0 Å². The molecule has 6 aromatic carbocycles. The summed E-state index contributed by atoms with van der Waals surface area (Å²) in [6.07, 6.45) is 1.85. The summed E-state index contributed by atoms with van der Waals surface area (Å²) in [6, 6.07) is 48.2. The molecular formula is C42H24N4O. The second-order valence-corrected chi connectivity index (χ2v) is 11.9. The predicted octanol–water partition coefficient (Wildman–Crippen LogP) is 11.4. The third-order valence-electron chi connectivity index (χ3n) is 9.33. The molecule has 218 valence electrons. The zero-order valence-electron chi connectivity index (χ0n) is 25.1. The lowest BCUT2D eigenvalue weighted by Crippen LogP contribution is -1.97. The highest BCUT2D eigenvalue weighted by Crippen LogP contribution is 2.39. The van der Waals surface area contributed by atoms with Gasteiger partial charge in [0.05, 0.1) is 23.1 Å². The molecular weight excluding hydrogens is 576 g/mol. The molecule has 0 aliphatic carbocycles. The summed E-state index contributed by atoms with van der Waals surface area (Å²) in [5, 5.41) is 6.80. The molecule has 0 saturated carbocycles. The molecule has 47 heavy (non-hydrogen) atoms. The van der Waals surface area contributed by atoms with Crippen LogP contribution in [0.5, 0.6) is 0 Å². The van der Waals surface area contributed by atoms with Gasteiger partial charge in [0.2, 0.25) is 0 Å². The lowest BCUT2D eigenvalue weighted by molar-refractivity contribution is 0.669. The highest BCUT2D eigenvalue weighted by atomic mass is 16.3. The summed E-state index contributed by atoms with van der Waals surface area (Å²) in [5.41, 5.74) is 10.4. The predicted molar refractivity (Wildman–Crippen MR) is 192 cm³/mol. The van der Waals surface area contributed by atoms with E-state index in [9.17, 15) is 0 Å². The Kier molecular flexibility index (Phi) is 5.28. The van der Waals surface area contributed by atoms with Gasteiger partial charge in [-0.2, -0.15) is 0 Å². The average molecular weight is 601 g/mol. The van der Waals surface area contributed by atoms with Gasteiger partial charge in [0, 0.05) is 56.0 Å². The monoisotopic (exact) mass is 600 g/mol. The number of fused-ring (bicyclic) bond motifs is 9. The highest BCUT2D eigenvalue weighted by molar-refractivity contribution is 6.16. The summed E-state index contributed by atoms with van der Waals surface area (Å²) in [5.74, 6) is 0. The minimum Gasteiger partial charge on any atom is -0.456 e. The van der Waals surface area contributed by atoms with Crippen LogP contribution in [0.1, 0.15) is 0 Å². The number of pyridine rings is 1. The van der Waals surface area contributed by atoms with Crippen LogP contribution in [0.2, 0.25) is 0 Å². The Morgan fingerprint density at radius 3 is 2.02 bits per heavy atom. The third-order valence-corrected chi connectivity index (χ3v) is 9.33. The normalized spacial score (nSPS) is 11.8. The Labute approximate surface area is 269 Å². The number of furan rings is 1. The van der Waals surface area contributed by atoms with Crippen molar-refractivity contribution in [3.05, 3.63) is 157 Å². The van der Waals surface area contributed by atoms with Crippen molar-refractivity contribution in [2.24, 2.45) is 0 Å². The summed E-state index contributed by atoms with van der Waals surface area (Å²) >= 11 is 0. The van der Waals surface area contributed by atoms with Crippen molar-refractivity contribution in [1.29, 1.82) is 0 Å². The Balaban J connectivity index is 1.20. The maximum atomic E-state index is 7.99. The van der Waals surface area contributed by atoms with Gasteiger partial charge in [-0.15, -0.1) is 0 Å². The van der Waals surface area contributed by atoms with Crippen LogP contribution < -0.4 is 0 Å². The highest BCUT2D eigenvalue weighted by Gasteiger charge is 2.18. The van der Waals surface area contributed by atoms with Crippen LogP contribution in [0.3, 0.4) is 0 Å². The maximum absolute atomic E-state index is 7.99. The molecule has 0 N–H and O–H groups in total. The molecule has 10 rings (SSSR count). The second-order valence-electron chi connectivity index (χ2n) is 11.9. The van der Waals surface area contributed by atoms with Gasteiger partial charge < -0.3 is 8.98 Å². The molecule has 4 heterocycles. The topological polar surface area (TPSA) is 40.2 Å².